The first-order chi connectivity index (χ1) is 5.95. The van der Waals surface area contributed by atoms with Crippen molar-refractivity contribution < 1.29 is 0 Å². The largest absolute Gasteiger partial charge is 0.0879 e. The van der Waals surface area contributed by atoms with Crippen LogP contribution in [0.4, 0.5) is 0 Å². The van der Waals surface area contributed by atoms with E-state index in [1.807, 2.05) is 0 Å². The molecule has 0 aromatic rings. The van der Waals surface area contributed by atoms with Crippen molar-refractivity contribution in [2.45, 2.75) is 51.4 Å². The molecular weight excluding hydrogens is 144 g/mol. The SMILES string of the molecule is C1=C[C](CC2CCCCC2)CC1. The molecule has 1 radical (unpaired) electrons. The van der Waals surface area contributed by atoms with Crippen LogP contribution < -0.4 is 0 Å². The summed E-state index contributed by atoms with van der Waals surface area (Å²) in [5.41, 5.74) is 0. The first kappa shape index (κ1) is 8.34. The first-order valence-corrected chi connectivity index (χ1v) is 5.46. The van der Waals surface area contributed by atoms with Crippen molar-refractivity contribution in [3.8, 4) is 0 Å². The van der Waals surface area contributed by atoms with E-state index in [0.29, 0.717) is 0 Å². The van der Waals surface area contributed by atoms with Crippen LogP contribution in [0.1, 0.15) is 51.4 Å². The van der Waals surface area contributed by atoms with E-state index in [9.17, 15) is 0 Å². The Bertz CT molecular complexity index is 151. The lowest BCUT2D eigenvalue weighted by atomic mass is 9.83. The molecule has 2 aliphatic carbocycles. The summed E-state index contributed by atoms with van der Waals surface area (Å²) in [6.07, 6.45) is 16.2. The molecule has 2 rings (SSSR count). The summed E-state index contributed by atoms with van der Waals surface area (Å²) in [6, 6.07) is 0. The molecule has 0 N–H and O–H groups in total. The fourth-order valence-corrected chi connectivity index (χ4v) is 2.53. The summed E-state index contributed by atoms with van der Waals surface area (Å²) >= 11 is 0. The Morgan fingerprint density at radius 1 is 1.17 bits per heavy atom. The topological polar surface area (TPSA) is 0 Å². The molecule has 0 heterocycles. The van der Waals surface area contributed by atoms with Crippen LogP contribution in [0.2, 0.25) is 0 Å². The molecule has 2 aliphatic rings. The summed E-state index contributed by atoms with van der Waals surface area (Å²) in [7, 11) is 0. The molecule has 1 saturated carbocycles. The van der Waals surface area contributed by atoms with Gasteiger partial charge in [-0.1, -0.05) is 44.3 Å². The summed E-state index contributed by atoms with van der Waals surface area (Å²) < 4.78 is 0. The van der Waals surface area contributed by atoms with Crippen LogP contribution in [0.15, 0.2) is 12.2 Å². The van der Waals surface area contributed by atoms with Crippen LogP contribution >= 0.6 is 0 Å². The van der Waals surface area contributed by atoms with E-state index >= 15 is 0 Å². The summed E-state index contributed by atoms with van der Waals surface area (Å²) in [5, 5.41) is 0. The smallest absolute Gasteiger partial charge is 0.00215 e. The van der Waals surface area contributed by atoms with Gasteiger partial charge in [0.2, 0.25) is 0 Å². The third-order valence-corrected chi connectivity index (χ3v) is 3.26. The van der Waals surface area contributed by atoms with E-state index in [-0.39, 0.29) is 0 Å². The molecule has 0 atom stereocenters. The lowest BCUT2D eigenvalue weighted by Crippen LogP contribution is -2.08. The van der Waals surface area contributed by atoms with Crippen molar-refractivity contribution in [2.24, 2.45) is 5.92 Å². The van der Waals surface area contributed by atoms with Crippen LogP contribution in [0.5, 0.6) is 0 Å². The van der Waals surface area contributed by atoms with E-state index in [4.69, 9.17) is 0 Å². The van der Waals surface area contributed by atoms with Gasteiger partial charge in [0.05, 0.1) is 0 Å². The standard InChI is InChI=1S/C12H19/c1-2-6-11(7-3-1)10-12-8-4-5-9-12/h4,8,11H,1-3,5-7,9-10H2. The van der Waals surface area contributed by atoms with E-state index in [1.165, 1.54) is 51.4 Å². The van der Waals surface area contributed by atoms with Gasteiger partial charge >= 0.3 is 0 Å². The summed E-state index contributed by atoms with van der Waals surface area (Å²) in [6.45, 7) is 0. The monoisotopic (exact) mass is 163 g/mol. The average molecular weight is 163 g/mol. The van der Waals surface area contributed by atoms with Crippen molar-refractivity contribution in [1.29, 1.82) is 0 Å². The van der Waals surface area contributed by atoms with E-state index in [2.05, 4.69) is 12.2 Å². The zero-order valence-corrected chi connectivity index (χ0v) is 7.89. The number of allylic oxidation sites excluding steroid dienone is 2. The van der Waals surface area contributed by atoms with E-state index in [1.54, 1.807) is 5.92 Å². The third kappa shape index (κ3) is 2.12. The van der Waals surface area contributed by atoms with Crippen LogP contribution in [-0.4, -0.2) is 0 Å². The highest BCUT2D eigenvalue weighted by Gasteiger charge is 2.18. The number of hydrogen-bond donors (Lipinski definition) is 0. The van der Waals surface area contributed by atoms with Crippen LogP contribution in [0, 0.1) is 11.8 Å². The second-order valence-corrected chi connectivity index (χ2v) is 4.31. The molecule has 0 saturated heterocycles. The van der Waals surface area contributed by atoms with Crippen LogP contribution in [0.25, 0.3) is 0 Å². The predicted molar refractivity (Wildman–Crippen MR) is 52.8 cm³/mol. The average Bonchev–Trinajstić information content (AvgIpc) is 2.59. The molecular formula is C12H19. The van der Waals surface area contributed by atoms with Crippen molar-refractivity contribution in [3.63, 3.8) is 0 Å². The van der Waals surface area contributed by atoms with Gasteiger partial charge in [0, 0.05) is 0 Å². The highest BCUT2D eigenvalue weighted by molar-refractivity contribution is 5.16. The van der Waals surface area contributed by atoms with Gasteiger partial charge in [0.15, 0.2) is 0 Å². The Morgan fingerprint density at radius 3 is 2.67 bits per heavy atom. The zero-order chi connectivity index (χ0) is 8.23. The van der Waals surface area contributed by atoms with Gasteiger partial charge < -0.3 is 0 Å². The molecule has 0 spiro atoms. The third-order valence-electron chi connectivity index (χ3n) is 3.26. The molecule has 1 fully saturated rings. The van der Waals surface area contributed by atoms with E-state index in [0.717, 1.165) is 5.92 Å². The van der Waals surface area contributed by atoms with E-state index < -0.39 is 0 Å². The maximum atomic E-state index is 2.37. The Labute approximate surface area is 76.1 Å². The molecule has 0 heteroatoms. The van der Waals surface area contributed by atoms with Gasteiger partial charge in [-0.05, 0) is 31.1 Å². The maximum Gasteiger partial charge on any atom is -0.00215 e. The number of rotatable bonds is 2. The highest BCUT2D eigenvalue weighted by Crippen LogP contribution is 2.33. The Kier molecular flexibility index (Phi) is 2.86. The minimum absolute atomic E-state index is 1.04. The number of hydrogen-bond acceptors (Lipinski definition) is 0. The predicted octanol–water partition coefficient (Wildman–Crippen LogP) is 3.88. The van der Waals surface area contributed by atoms with Gasteiger partial charge in [-0.25, -0.2) is 0 Å². The van der Waals surface area contributed by atoms with Crippen LogP contribution in [0.3, 0.4) is 0 Å². The minimum atomic E-state index is 1.04. The fourth-order valence-electron chi connectivity index (χ4n) is 2.53. The second kappa shape index (κ2) is 4.11. The molecule has 0 nitrogen and oxygen atoms in total. The molecule has 67 valence electrons. The van der Waals surface area contributed by atoms with Gasteiger partial charge in [-0.3, -0.25) is 0 Å². The van der Waals surface area contributed by atoms with Crippen LogP contribution in [-0.2, 0) is 0 Å². The lowest BCUT2D eigenvalue weighted by Gasteiger charge is -2.23. The molecule has 0 aliphatic heterocycles. The van der Waals surface area contributed by atoms with Crippen molar-refractivity contribution in [1.82, 2.24) is 0 Å². The highest BCUT2D eigenvalue weighted by atomic mass is 14.2. The molecule has 0 aromatic heterocycles. The normalized spacial score (nSPS) is 26.7. The Morgan fingerprint density at radius 2 is 2.00 bits per heavy atom. The molecule has 12 heavy (non-hydrogen) atoms. The van der Waals surface area contributed by atoms with Gasteiger partial charge in [-0.2, -0.15) is 0 Å². The molecule has 0 bridgehead atoms. The molecule has 0 unspecified atom stereocenters. The minimum Gasteiger partial charge on any atom is -0.0879 e. The summed E-state index contributed by atoms with van der Waals surface area (Å²) in [4.78, 5) is 0. The Hall–Kier alpha value is -0.260. The van der Waals surface area contributed by atoms with Crippen molar-refractivity contribution in [2.75, 3.05) is 0 Å². The Balaban J connectivity index is 1.73. The fraction of sp³-hybridized carbons (Fsp3) is 0.750. The van der Waals surface area contributed by atoms with Gasteiger partial charge in [0.25, 0.3) is 0 Å². The second-order valence-electron chi connectivity index (χ2n) is 4.31. The molecule has 0 amide bonds. The van der Waals surface area contributed by atoms with Gasteiger partial charge in [-0.15, -0.1) is 0 Å². The summed E-state index contributed by atoms with van der Waals surface area (Å²) in [5.74, 6) is 2.76. The van der Waals surface area contributed by atoms with Crippen molar-refractivity contribution >= 4 is 0 Å². The quantitative estimate of drug-likeness (QED) is 0.579. The maximum absolute atomic E-state index is 2.37. The van der Waals surface area contributed by atoms with Crippen molar-refractivity contribution in [3.05, 3.63) is 18.1 Å². The molecule has 0 aromatic carbocycles. The first-order valence-electron chi connectivity index (χ1n) is 5.46. The zero-order valence-electron chi connectivity index (χ0n) is 7.89. The van der Waals surface area contributed by atoms with Gasteiger partial charge in [0.1, 0.15) is 0 Å². The lowest BCUT2D eigenvalue weighted by molar-refractivity contribution is 0.346.